The Labute approximate surface area is 96.5 Å². The monoisotopic (exact) mass is 224 g/mol. The van der Waals surface area contributed by atoms with Crippen LogP contribution < -0.4 is 5.32 Å². The molecule has 1 amide bonds. The minimum atomic E-state index is 0.157. The van der Waals surface area contributed by atoms with Gasteiger partial charge in [0, 0.05) is 59.5 Å². The molecule has 0 aromatic carbocycles. The lowest BCUT2D eigenvalue weighted by Gasteiger charge is -2.10. The van der Waals surface area contributed by atoms with Gasteiger partial charge in [0.05, 0.1) is 0 Å². The fourth-order valence-corrected chi connectivity index (χ4v) is 1.38. The van der Waals surface area contributed by atoms with Crippen molar-refractivity contribution in [3.05, 3.63) is 18.2 Å². The molecule has 16 heavy (non-hydrogen) atoms. The minimum absolute atomic E-state index is 0.157. The Morgan fingerprint density at radius 2 is 2.25 bits per heavy atom. The molecule has 5 heteroatoms. The van der Waals surface area contributed by atoms with Gasteiger partial charge in [-0.05, 0) is 0 Å². The highest BCUT2D eigenvalue weighted by molar-refractivity contribution is 5.75. The van der Waals surface area contributed by atoms with Gasteiger partial charge in [-0.25, -0.2) is 4.98 Å². The maximum absolute atomic E-state index is 11.3. The van der Waals surface area contributed by atoms with Gasteiger partial charge >= 0.3 is 0 Å². The van der Waals surface area contributed by atoms with Gasteiger partial charge < -0.3 is 14.8 Å². The zero-order valence-corrected chi connectivity index (χ0v) is 10.2. The highest BCUT2D eigenvalue weighted by atomic mass is 16.2. The lowest BCUT2D eigenvalue weighted by Crippen LogP contribution is -2.27. The van der Waals surface area contributed by atoms with Crippen molar-refractivity contribution in [2.75, 3.05) is 27.2 Å². The number of carbonyl (C=O) groups is 1. The summed E-state index contributed by atoms with van der Waals surface area (Å²) >= 11 is 0. The number of hydrogen-bond donors (Lipinski definition) is 1. The second kappa shape index (κ2) is 6.27. The van der Waals surface area contributed by atoms with E-state index in [1.165, 1.54) is 0 Å². The van der Waals surface area contributed by atoms with Crippen LogP contribution in [-0.2, 0) is 18.3 Å². The number of hydrogen-bond acceptors (Lipinski definition) is 3. The first-order chi connectivity index (χ1) is 7.61. The van der Waals surface area contributed by atoms with E-state index in [4.69, 9.17) is 0 Å². The van der Waals surface area contributed by atoms with Crippen LogP contribution in [0.5, 0.6) is 0 Å². The molecule has 1 N–H and O–H groups in total. The smallest absolute Gasteiger partial charge is 0.223 e. The van der Waals surface area contributed by atoms with Gasteiger partial charge in [-0.2, -0.15) is 0 Å². The first kappa shape index (κ1) is 12.7. The molecule has 1 heterocycles. The van der Waals surface area contributed by atoms with Crippen molar-refractivity contribution in [1.29, 1.82) is 0 Å². The van der Waals surface area contributed by atoms with Crippen LogP contribution in [0.1, 0.15) is 12.2 Å². The van der Waals surface area contributed by atoms with Gasteiger partial charge in [-0.1, -0.05) is 0 Å². The summed E-state index contributed by atoms with van der Waals surface area (Å²) in [5, 5.41) is 3.24. The second-order valence-corrected chi connectivity index (χ2v) is 3.99. The van der Waals surface area contributed by atoms with E-state index in [-0.39, 0.29) is 5.91 Å². The number of aryl methyl sites for hydroxylation is 1. The van der Waals surface area contributed by atoms with E-state index in [0.29, 0.717) is 6.42 Å². The summed E-state index contributed by atoms with van der Waals surface area (Å²) in [5.41, 5.74) is 0. The number of aromatic nitrogens is 2. The molecule has 90 valence electrons. The molecule has 0 aliphatic carbocycles. The van der Waals surface area contributed by atoms with Crippen molar-refractivity contribution < 1.29 is 4.79 Å². The number of amides is 1. The van der Waals surface area contributed by atoms with Crippen LogP contribution in [-0.4, -0.2) is 47.5 Å². The zero-order chi connectivity index (χ0) is 12.0. The highest BCUT2D eigenvalue weighted by Gasteiger charge is 2.03. The van der Waals surface area contributed by atoms with Crippen LogP contribution in [0.25, 0.3) is 0 Å². The van der Waals surface area contributed by atoms with E-state index < -0.39 is 0 Å². The molecule has 5 nitrogen and oxygen atoms in total. The summed E-state index contributed by atoms with van der Waals surface area (Å²) in [6, 6.07) is 0. The summed E-state index contributed by atoms with van der Waals surface area (Å²) in [7, 11) is 5.53. The third-order valence-corrected chi connectivity index (χ3v) is 2.46. The van der Waals surface area contributed by atoms with Crippen molar-refractivity contribution in [3.63, 3.8) is 0 Å². The van der Waals surface area contributed by atoms with Crippen LogP contribution in [0.3, 0.4) is 0 Å². The highest BCUT2D eigenvalue weighted by Crippen LogP contribution is 1.94. The molecule has 1 aromatic rings. The predicted molar refractivity (Wildman–Crippen MR) is 63.1 cm³/mol. The maximum atomic E-state index is 11.3. The quantitative estimate of drug-likeness (QED) is 0.694. The maximum Gasteiger partial charge on any atom is 0.223 e. The van der Waals surface area contributed by atoms with Gasteiger partial charge in [-0.3, -0.25) is 4.79 Å². The molecule has 1 aromatic heterocycles. The molecule has 0 radical (unpaired) electrons. The van der Waals surface area contributed by atoms with E-state index in [1.807, 2.05) is 17.8 Å². The van der Waals surface area contributed by atoms with Crippen LogP contribution in [0, 0.1) is 0 Å². The zero-order valence-electron chi connectivity index (χ0n) is 10.2. The topological polar surface area (TPSA) is 50.2 Å². The lowest BCUT2D eigenvalue weighted by atomic mass is 10.3. The van der Waals surface area contributed by atoms with Crippen LogP contribution in [0.4, 0.5) is 0 Å². The van der Waals surface area contributed by atoms with Crippen LogP contribution in [0.15, 0.2) is 12.4 Å². The molecule has 0 aliphatic rings. The number of imidazole rings is 1. The van der Waals surface area contributed by atoms with Crippen molar-refractivity contribution in [2.45, 2.75) is 12.8 Å². The fraction of sp³-hybridized carbons (Fsp3) is 0.636. The van der Waals surface area contributed by atoms with Gasteiger partial charge in [0.25, 0.3) is 0 Å². The Morgan fingerprint density at radius 3 is 2.81 bits per heavy atom. The van der Waals surface area contributed by atoms with Gasteiger partial charge in [0.15, 0.2) is 0 Å². The van der Waals surface area contributed by atoms with Gasteiger partial charge in [0.2, 0.25) is 5.91 Å². The largest absolute Gasteiger partial charge is 0.349 e. The average molecular weight is 224 g/mol. The molecule has 0 fully saturated rings. The Morgan fingerprint density at radius 1 is 1.50 bits per heavy atom. The van der Waals surface area contributed by atoms with Crippen molar-refractivity contribution in [2.24, 2.45) is 7.05 Å². The molecular weight excluding hydrogens is 204 g/mol. The summed E-state index contributed by atoms with van der Waals surface area (Å²) in [6.45, 7) is 1.58. The summed E-state index contributed by atoms with van der Waals surface area (Å²) < 4.78 is 2.01. The molecule has 0 unspecified atom stereocenters. The molecule has 0 saturated heterocycles. The summed E-state index contributed by atoms with van der Waals surface area (Å²) in [6.07, 6.45) is 5.17. The minimum Gasteiger partial charge on any atom is -0.349 e. The van der Waals surface area contributed by atoms with E-state index >= 15 is 0 Å². The summed E-state index contributed by atoms with van der Waals surface area (Å²) in [5.74, 6) is 1.22. The fourth-order valence-electron chi connectivity index (χ4n) is 1.38. The number of nitrogens with one attached hydrogen (secondary N) is 1. The Bertz CT molecular complexity index is 332. The molecular formula is C11H20N4O. The van der Waals surface area contributed by atoms with E-state index in [2.05, 4.69) is 10.3 Å². The normalized spacial score (nSPS) is 10.4. The van der Waals surface area contributed by atoms with Crippen molar-refractivity contribution in [3.8, 4) is 0 Å². The average Bonchev–Trinajstić information content (AvgIpc) is 2.63. The SMILES string of the molecule is CN(C)C(=O)CCNCCc1nccn1C. The van der Waals surface area contributed by atoms with E-state index in [9.17, 15) is 4.79 Å². The second-order valence-electron chi connectivity index (χ2n) is 3.99. The Kier molecular flexibility index (Phi) is 4.98. The predicted octanol–water partition coefficient (Wildman–Crippen LogP) is 0.0305. The molecule has 1 rings (SSSR count). The van der Waals surface area contributed by atoms with E-state index in [1.54, 1.807) is 25.2 Å². The first-order valence-corrected chi connectivity index (χ1v) is 5.48. The van der Waals surface area contributed by atoms with Gasteiger partial charge in [0.1, 0.15) is 5.82 Å². The molecule has 0 aliphatic heterocycles. The number of nitrogens with zero attached hydrogens (tertiary/aromatic N) is 3. The van der Waals surface area contributed by atoms with Crippen molar-refractivity contribution in [1.82, 2.24) is 19.8 Å². The molecule has 0 saturated carbocycles. The lowest BCUT2D eigenvalue weighted by molar-refractivity contribution is -0.128. The third kappa shape index (κ3) is 4.02. The number of carbonyl (C=O) groups excluding carboxylic acids is 1. The Balaban J connectivity index is 2.09. The van der Waals surface area contributed by atoms with Crippen LogP contribution in [0.2, 0.25) is 0 Å². The summed E-state index contributed by atoms with van der Waals surface area (Å²) in [4.78, 5) is 17.1. The Hall–Kier alpha value is -1.36. The molecule has 0 bridgehead atoms. The third-order valence-electron chi connectivity index (χ3n) is 2.46. The van der Waals surface area contributed by atoms with Crippen molar-refractivity contribution >= 4 is 5.91 Å². The van der Waals surface area contributed by atoms with Gasteiger partial charge in [-0.15, -0.1) is 0 Å². The molecule has 0 spiro atoms. The first-order valence-electron chi connectivity index (χ1n) is 5.48. The van der Waals surface area contributed by atoms with E-state index in [0.717, 1.165) is 25.3 Å². The van der Waals surface area contributed by atoms with Crippen LogP contribution >= 0.6 is 0 Å². The molecule has 0 atom stereocenters. The number of rotatable bonds is 6. The standard InChI is InChI=1S/C11H20N4O/c1-14(2)11(16)5-7-12-6-4-10-13-8-9-15(10)3/h8-9,12H,4-7H2,1-3H3.